The van der Waals surface area contributed by atoms with E-state index in [1.807, 2.05) is 0 Å². The number of ether oxygens (including phenoxy) is 4. The van der Waals surface area contributed by atoms with Crippen molar-refractivity contribution < 1.29 is 42.5 Å². The number of hydrogen-bond donors (Lipinski definition) is 0. The topological polar surface area (TPSA) is 105 Å². The molecule has 0 saturated carbocycles. The fourth-order valence-corrected chi connectivity index (χ4v) is 3.41. The molecule has 3 rings (SSSR count). The van der Waals surface area contributed by atoms with Gasteiger partial charge in [-0.1, -0.05) is 57.8 Å². The van der Waals surface area contributed by atoms with Crippen molar-refractivity contribution in [3.8, 4) is 45.3 Å². The lowest BCUT2D eigenvalue weighted by molar-refractivity contribution is -0.138. The summed E-state index contributed by atoms with van der Waals surface area (Å²) in [6.45, 7) is 18.4. The van der Waals surface area contributed by atoms with Crippen LogP contribution in [0.4, 0.5) is 4.39 Å². The summed E-state index contributed by atoms with van der Waals surface area (Å²) < 4.78 is 36.9. The highest BCUT2D eigenvalue weighted by atomic mass is 19.1. The summed E-state index contributed by atoms with van der Waals surface area (Å²) in [4.78, 5) is 48.7. The molecule has 0 amide bonds. The average Bonchev–Trinajstić information content (AvgIpc) is 2.94. The molecule has 0 aliphatic heterocycles. The maximum Gasteiger partial charge on any atom is 0.338 e. The average molecular weight is 587 g/mol. The Morgan fingerprint density at radius 1 is 0.581 bits per heavy atom. The standard InChI is InChI=1S/C34H31FO8/c1-18(2)31(36)40-27-13-10-23(16-29(27)42-33(38)20(5)6)22-9-12-25(26(35)15-22)24-11-14-28(41-32(37)19(3)4)30(17-24)43-34(39)21(7)8/h9-18H,3,5,7H2,1-2,4,6,8H3. The maximum absolute atomic E-state index is 15.5. The van der Waals surface area contributed by atoms with E-state index >= 15 is 4.39 Å². The zero-order valence-corrected chi connectivity index (χ0v) is 24.5. The molecule has 0 bridgehead atoms. The first-order valence-electron chi connectivity index (χ1n) is 13.1. The van der Waals surface area contributed by atoms with Gasteiger partial charge < -0.3 is 18.9 Å². The molecule has 0 heterocycles. The van der Waals surface area contributed by atoms with E-state index < -0.39 is 35.6 Å². The smallest absolute Gasteiger partial charge is 0.338 e. The molecule has 8 nitrogen and oxygen atoms in total. The van der Waals surface area contributed by atoms with Crippen molar-refractivity contribution in [3.63, 3.8) is 0 Å². The van der Waals surface area contributed by atoms with Crippen LogP contribution in [0.15, 0.2) is 91.1 Å². The van der Waals surface area contributed by atoms with Crippen molar-refractivity contribution in [2.75, 3.05) is 0 Å². The summed E-state index contributed by atoms with van der Waals surface area (Å²) >= 11 is 0. The van der Waals surface area contributed by atoms with Crippen LogP contribution in [0.25, 0.3) is 22.3 Å². The molecule has 0 atom stereocenters. The Morgan fingerprint density at radius 2 is 0.977 bits per heavy atom. The summed E-state index contributed by atoms with van der Waals surface area (Å²) in [5, 5.41) is 0. The first kappa shape index (κ1) is 32.2. The second kappa shape index (κ2) is 13.6. The van der Waals surface area contributed by atoms with E-state index in [2.05, 4.69) is 19.7 Å². The van der Waals surface area contributed by atoms with Crippen molar-refractivity contribution in [1.82, 2.24) is 0 Å². The van der Waals surface area contributed by atoms with Crippen molar-refractivity contribution >= 4 is 23.9 Å². The van der Waals surface area contributed by atoms with E-state index in [0.717, 1.165) is 0 Å². The van der Waals surface area contributed by atoms with Crippen molar-refractivity contribution in [3.05, 3.63) is 96.9 Å². The summed E-state index contributed by atoms with van der Waals surface area (Å²) in [6, 6.07) is 13.2. The van der Waals surface area contributed by atoms with Crippen molar-refractivity contribution in [2.24, 2.45) is 5.92 Å². The van der Waals surface area contributed by atoms with E-state index in [4.69, 9.17) is 18.9 Å². The van der Waals surface area contributed by atoms with Crippen LogP contribution >= 0.6 is 0 Å². The van der Waals surface area contributed by atoms with Crippen molar-refractivity contribution in [2.45, 2.75) is 34.6 Å². The SMILES string of the molecule is C=C(C)C(=O)Oc1ccc(-c2ccc(-c3ccc(OC(=O)C(C)C)c(OC(=O)C(=C)C)c3)cc2F)cc1OC(=O)C(=C)C. The van der Waals surface area contributed by atoms with Gasteiger partial charge in [-0.3, -0.25) is 4.79 Å². The van der Waals surface area contributed by atoms with Gasteiger partial charge in [-0.2, -0.15) is 0 Å². The van der Waals surface area contributed by atoms with Gasteiger partial charge >= 0.3 is 23.9 Å². The van der Waals surface area contributed by atoms with E-state index in [1.54, 1.807) is 26.0 Å². The Bertz CT molecular complexity index is 1660. The molecule has 0 radical (unpaired) electrons. The second-order valence-electron chi connectivity index (χ2n) is 10.1. The molecule has 3 aromatic rings. The number of carbonyl (C=O) groups is 4. The lowest BCUT2D eigenvalue weighted by atomic mass is 9.99. The zero-order chi connectivity index (χ0) is 32.0. The minimum absolute atomic E-state index is 0.0263. The van der Waals surface area contributed by atoms with Crippen LogP contribution in [-0.4, -0.2) is 23.9 Å². The molecule has 0 saturated heterocycles. The highest BCUT2D eigenvalue weighted by Gasteiger charge is 2.20. The highest BCUT2D eigenvalue weighted by Crippen LogP contribution is 2.38. The third-order valence-electron chi connectivity index (χ3n) is 5.84. The van der Waals surface area contributed by atoms with Gasteiger partial charge in [0.15, 0.2) is 23.0 Å². The quantitative estimate of drug-likeness (QED) is 0.140. The number of hydrogen-bond acceptors (Lipinski definition) is 8. The third-order valence-corrected chi connectivity index (χ3v) is 5.84. The number of carbonyl (C=O) groups excluding carboxylic acids is 4. The van der Waals surface area contributed by atoms with Crippen LogP contribution in [0.3, 0.4) is 0 Å². The first-order valence-corrected chi connectivity index (χ1v) is 13.1. The lowest BCUT2D eigenvalue weighted by Gasteiger charge is -2.15. The maximum atomic E-state index is 15.5. The summed E-state index contributed by atoms with van der Waals surface area (Å²) in [7, 11) is 0. The Morgan fingerprint density at radius 3 is 1.44 bits per heavy atom. The number of esters is 4. The molecule has 0 spiro atoms. The second-order valence-corrected chi connectivity index (χ2v) is 10.1. The molecule has 0 fully saturated rings. The van der Waals surface area contributed by atoms with Crippen LogP contribution in [-0.2, 0) is 19.2 Å². The summed E-state index contributed by atoms with van der Waals surface area (Å²) in [5.41, 5.74) is 1.76. The molecular weight excluding hydrogens is 555 g/mol. The number of benzene rings is 3. The van der Waals surface area contributed by atoms with E-state index in [9.17, 15) is 19.2 Å². The molecule has 0 aliphatic carbocycles. The van der Waals surface area contributed by atoms with Gasteiger partial charge in [-0.15, -0.1) is 0 Å². The molecule has 0 unspecified atom stereocenters. The molecule has 0 aliphatic rings. The summed E-state index contributed by atoms with van der Waals surface area (Å²) in [6.07, 6.45) is 0. The fourth-order valence-electron chi connectivity index (χ4n) is 3.41. The Balaban J connectivity index is 2.02. The van der Waals surface area contributed by atoms with Gasteiger partial charge in [0.1, 0.15) is 5.82 Å². The predicted molar refractivity (Wildman–Crippen MR) is 159 cm³/mol. The molecular formula is C34H31FO8. The van der Waals surface area contributed by atoms with E-state index in [1.165, 1.54) is 63.2 Å². The van der Waals surface area contributed by atoms with Gasteiger partial charge in [0.25, 0.3) is 0 Å². The lowest BCUT2D eigenvalue weighted by Crippen LogP contribution is -2.16. The normalized spacial score (nSPS) is 10.5. The summed E-state index contributed by atoms with van der Waals surface area (Å²) in [5.74, 6) is -3.96. The molecule has 222 valence electrons. The Labute approximate surface area is 249 Å². The number of halogens is 1. The minimum atomic E-state index is -0.758. The third kappa shape index (κ3) is 8.13. The van der Waals surface area contributed by atoms with Gasteiger partial charge in [0.05, 0.1) is 5.92 Å². The van der Waals surface area contributed by atoms with Crippen LogP contribution in [0.2, 0.25) is 0 Å². The van der Waals surface area contributed by atoms with Crippen LogP contribution in [0, 0.1) is 11.7 Å². The highest BCUT2D eigenvalue weighted by molar-refractivity contribution is 5.92. The molecule has 0 aromatic heterocycles. The van der Waals surface area contributed by atoms with Gasteiger partial charge in [-0.25, -0.2) is 18.8 Å². The zero-order valence-electron chi connectivity index (χ0n) is 24.5. The monoisotopic (exact) mass is 586 g/mol. The van der Waals surface area contributed by atoms with E-state index in [-0.39, 0.29) is 45.3 Å². The molecule has 3 aromatic carbocycles. The first-order chi connectivity index (χ1) is 20.2. The van der Waals surface area contributed by atoms with E-state index in [0.29, 0.717) is 16.7 Å². The minimum Gasteiger partial charge on any atom is -0.422 e. The Kier molecular flexibility index (Phi) is 10.2. The van der Waals surface area contributed by atoms with Crippen LogP contribution < -0.4 is 18.9 Å². The largest absolute Gasteiger partial charge is 0.422 e. The fraction of sp³-hybridized carbons (Fsp3) is 0.176. The molecule has 9 heteroatoms. The van der Waals surface area contributed by atoms with Gasteiger partial charge in [-0.05, 0) is 67.8 Å². The van der Waals surface area contributed by atoms with Gasteiger partial charge in [0.2, 0.25) is 0 Å². The number of rotatable bonds is 10. The van der Waals surface area contributed by atoms with Gasteiger partial charge in [0, 0.05) is 22.3 Å². The predicted octanol–water partition coefficient (Wildman–Crippen LogP) is 7.17. The van der Waals surface area contributed by atoms with Crippen molar-refractivity contribution in [1.29, 1.82) is 0 Å². The molecule has 43 heavy (non-hydrogen) atoms. The molecule has 0 N–H and O–H groups in total. The van der Waals surface area contributed by atoms with Crippen LogP contribution in [0.1, 0.15) is 34.6 Å². The Hall–Kier alpha value is -5.31. The van der Waals surface area contributed by atoms with Crippen LogP contribution in [0.5, 0.6) is 23.0 Å².